The molecule has 0 bridgehead atoms. The van der Waals surface area contributed by atoms with Gasteiger partial charge in [-0.3, -0.25) is 0 Å². The second-order valence-corrected chi connectivity index (χ2v) is 6.87. The van der Waals surface area contributed by atoms with Crippen LogP contribution < -0.4 is 4.74 Å². The minimum Gasteiger partial charge on any atom is -0.469 e. The molecule has 1 aromatic carbocycles. The lowest BCUT2D eigenvalue weighted by Crippen LogP contribution is -2.03. The number of halogens is 3. The molecule has 4 aromatic rings. The Labute approximate surface area is 161 Å². The molecular weight excluding hydrogens is 391 g/mol. The van der Waals surface area contributed by atoms with Crippen LogP contribution in [0.1, 0.15) is 23.8 Å². The molecule has 28 heavy (non-hydrogen) atoms. The summed E-state index contributed by atoms with van der Waals surface area (Å²) < 4.78 is 49.0. The summed E-state index contributed by atoms with van der Waals surface area (Å²) >= 11 is 1.53. The maximum absolute atomic E-state index is 12.7. The van der Waals surface area contributed by atoms with E-state index in [0.717, 1.165) is 34.3 Å². The van der Waals surface area contributed by atoms with E-state index < -0.39 is 11.7 Å². The topological polar surface area (TPSA) is 61.0 Å². The molecule has 0 N–H and O–H groups in total. The Hall–Kier alpha value is -2.94. The fourth-order valence-electron chi connectivity index (χ4n) is 2.76. The smallest absolute Gasteiger partial charge is 0.416 e. The number of ether oxygens (including phenoxy) is 1. The number of aromatic nitrogens is 3. The van der Waals surface area contributed by atoms with E-state index in [-0.39, 0.29) is 6.61 Å². The summed E-state index contributed by atoms with van der Waals surface area (Å²) in [5.41, 5.74) is 1.36. The molecule has 0 radical (unpaired) electrons. The zero-order valence-corrected chi connectivity index (χ0v) is 15.5. The van der Waals surface area contributed by atoms with E-state index in [1.807, 2.05) is 12.3 Å². The van der Waals surface area contributed by atoms with Crippen molar-refractivity contribution < 1.29 is 22.4 Å². The van der Waals surface area contributed by atoms with Gasteiger partial charge in [0.1, 0.15) is 16.9 Å². The van der Waals surface area contributed by atoms with Crippen LogP contribution in [0.4, 0.5) is 13.2 Å². The van der Waals surface area contributed by atoms with Gasteiger partial charge < -0.3 is 9.26 Å². The quantitative estimate of drug-likeness (QED) is 0.438. The third kappa shape index (κ3) is 3.57. The van der Waals surface area contributed by atoms with Gasteiger partial charge in [0, 0.05) is 11.6 Å². The molecule has 0 aliphatic heterocycles. The van der Waals surface area contributed by atoms with Crippen LogP contribution in [0.15, 0.2) is 46.6 Å². The van der Waals surface area contributed by atoms with Crippen LogP contribution in [0.25, 0.3) is 21.5 Å². The number of benzene rings is 1. The SMILES string of the molecule is CCc1csc2ncnc(OCc3cc(-c4ccc(C(F)(F)F)cc4)no3)c12. The van der Waals surface area contributed by atoms with E-state index in [4.69, 9.17) is 9.26 Å². The summed E-state index contributed by atoms with van der Waals surface area (Å²) in [5, 5.41) is 6.83. The molecule has 3 aromatic heterocycles. The molecule has 0 saturated carbocycles. The Morgan fingerprint density at radius 2 is 1.93 bits per heavy atom. The highest BCUT2D eigenvalue weighted by Gasteiger charge is 2.30. The van der Waals surface area contributed by atoms with Crippen LogP contribution >= 0.6 is 11.3 Å². The Balaban J connectivity index is 1.51. The Kier molecular flexibility index (Phi) is 4.76. The van der Waals surface area contributed by atoms with Gasteiger partial charge in [-0.2, -0.15) is 13.2 Å². The fraction of sp³-hybridized carbons (Fsp3) is 0.211. The van der Waals surface area contributed by atoms with Gasteiger partial charge in [-0.1, -0.05) is 24.2 Å². The first-order valence-corrected chi connectivity index (χ1v) is 9.30. The van der Waals surface area contributed by atoms with Crippen molar-refractivity contribution in [3.8, 4) is 17.1 Å². The largest absolute Gasteiger partial charge is 0.469 e. The standard InChI is InChI=1S/C19H14F3N3O2S/c1-2-11-9-28-18-16(11)17(23-10-24-18)26-8-14-7-15(25-27-14)12-3-5-13(6-4-12)19(20,21)22/h3-7,9-10H,2,8H2,1H3. The molecular formula is C19H14F3N3O2S. The number of hydrogen-bond acceptors (Lipinski definition) is 6. The molecule has 0 fully saturated rings. The first-order chi connectivity index (χ1) is 13.5. The molecule has 3 heterocycles. The second-order valence-electron chi connectivity index (χ2n) is 6.02. The number of aryl methyl sites for hydroxylation is 1. The van der Waals surface area contributed by atoms with Gasteiger partial charge in [-0.25, -0.2) is 9.97 Å². The third-order valence-electron chi connectivity index (χ3n) is 4.21. The van der Waals surface area contributed by atoms with E-state index in [2.05, 4.69) is 15.1 Å². The van der Waals surface area contributed by atoms with Crippen molar-refractivity contribution in [2.45, 2.75) is 26.1 Å². The maximum atomic E-state index is 12.7. The highest BCUT2D eigenvalue weighted by Crippen LogP contribution is 2.32. The highest BCUT2D eigenvalue weighted by atomic mass is 32.1. The first kappa shape index (κ1) is 18.4. The molecule has 0 unspecified atom stereocenters. The molecule has 0 atom stereocenters. The van der Waals surface area contributed by atoms with Crippen LogP contribution in [0.2, 0.25) is 0 Å². The summed E-state index contributed by atoms with van der Waals surface area (Å²) in [7, 11) is 0. The van der Waals surface area contributed by atoms with Crippen molar-refractivity contribution in [3.05, 3.63) is 58.9 Å². The summed E-state index contributed by atoms with van der Waals surface area (Å²) in [4.78, 5) is 9.30. The van der Waals surface area contributed by atoms with Gasteiger partial charge in [-0.05, 0) is 29.5 Å². The summed E-state index contributed by atoms with van der Waals surface area (Å²) in [6.07, 6.45) is -2.09. The summed E-state index contributed by atoms with van der Waals surface area (Å²) in [6, 6.07) is 6.38. The van der Waals surface area contributed by atoms with Crippen molar-refractivity contribution in [2.24, 2.45) is 0 Å². The van der Waals surface area contributed by atoms with Crippen molar-refractivity contribution in [1.29, 1.82) is 0 Å². The molecule has 0 amide bonds. The maximum Gasteiger partial charge on any atom is 0.416 e. The van der Waals surface area contributed by atoms with Crippen LogP contribution in [0, 0.1) is 0 Å². The van der Waals surface area contributed by atoms with Gasteiger partial charge in [-0.15, -0.1) is 11.3 Å². The second kappa shape index (κ2) is 7.23. The average Bonchev–Trinajstić information content (AvgIpc) is 3.33. The normalized spacial score (nSPS) is 11.9. The highest BCUT2D eigenvalue weighted by molar-refractivity contribution is 7.17. The fourth-order valence-corrected chi connectivity index (χ4v) is 3.74. The Morgan fingerprint density at radius 3 is 2.64 bits per heavy atom. The number of thiophene rings is 1. The number of hydrogen-bond donors (Lipinski definition) is 0. The monoisotopic (exact) mass is 405 g/mol. The lowest BCUT2D eigenvalue weighted by atomic mass is 10.1. The van der Waals surface area contributed by atoms with E-state index in [9.17, 15) is 13.2 Å². The van der Waals surface area contributed by atoms with Crippen molar-refractivity contribution >= 4 is 21.6 Å². The van der Waals surface area contributed by atoms with E-state index >= 15 is 0 Å². The predicted molar refractivity (Wildman–Crippen MR) is 98.1 cm³/mol. The molecule has 9 heteroatoms. The molecule has 0 aliphatic rings. The predicted octanol–water partition coefficient (Wildman–Crippen LogP) is 5.51. The Bertz CT molecular complexity index is 1100. The van der Waals surface area contributed by atoms with Gasteiger partial charge in [0.2, 0.25) is 5.88 Å². The zero-order valence-electron chi connectivity index (χ0n) is 14.7. The number of nitrogens with zero attached hydrogens (tertiary/aromatic N) is 3. The van der Waals surface area contributed by atoms with Crippen molar-refractivity contribution in [1.82, 2.24) is 15.1 Å². The van der Waals surface area contributed by atoms with Crippen LogP contribution in [0.5, 0.6) is 5.88 Å². The summed E-state index contributed by atoms with van der Waals surface area (Å²) in [5.74, 6) is 0.908. The minimum atomic E-state index is -4.37. The molecule has 144 valence electrons. The van der Waals surface area contributed by atoms with Crippen molar-refractivity contribution in [3.63, 3.8) is 0 Å². The third-order valence-corrected chi connectivity index (χ3v) is 5.15. The van der Waals surface area contributed by atoms with Gasteiger partial charge in [0.25, 0.3) is 0 Å². The minimum absolute atomic E-state index is 0.0960. The van der Waals surface area contributed by atoms with E-state index in [1.54, 1.807) is 6.07 Å². The number of rotatable bonds is 5. The van der Waals surface area contributed by atoms with Crippen LogP contribution in [0.3, 0.4) is 0 Å². The lowest BCUT2D eigenvalue weighted by molar-refractivity contribution is -0.137. The van der Waals surface area contributed by atoms with Crippen molar-refractivity contribution in [2.75, 3.05) is 0 Å². The van der Waals surface area contributed by atoms with Crippen LogP contribution in [-0.2, 0) is 19.2 Å². The number of alkyl halides is 3. The molecule has 0 aliphatic carbocycles. The Morgan fingerprint density at radius 1 is 1.14 bits per heavy atom. The van der Waals surface area contributed by atoms with E-state index in [0.29, 0.717) is 22.9 Å². The summed E-state index contributed by atoms with van der Waals surface area (Å²) in [6.45, 7) is 2.14. The molecule has 5 nitrogen and oxygen atoms in total. The van der Waals surface area contributed by atoms with Gasteiger partial charge in [0.05, 0.1) is 10.9 Å². The zero-order chi connectivity index (χ0) is 19.7. The van der Waals surface area contributed by atoms with Gasteiger partial charge >= 0.3 is 6.18 Å². The number of fused-ring (bicyclic) bond motifs is 1. The van der Waals surface area contributed by atoms with Crippen LogP contribution in [-0.4, -0.2) is 15.1 Å². The van der Waals surface area contributed by atoms with Gasteiger partial charge in [0.15, 0.2) is 12.4 Å². The molecule has 0 spiro atoms. The van der Waals surface area contributed by atoms with E-state index in [1.165, 1.54) is 29.8 Å². The lowest BCUT2D eigenvalue weighted by Gasteiger charge is -2.06. The molecule has 0 saturated heterocycles. The first-order valence-electron chi connectivity index (χ1n) is 8.43. The average molecular weight is 405 g/mol. The molecule has 4 rings (SSSR count).